The maximum Gasteiger partial charge on any atom is 0.306 e. The molecular formula is C23H21FN6O. The lowest BCUT2D eigenvalue weighted by Gasteiger charge is -2.08. The number of rotatable bonds is 6. The molecule has 7 nitrogen and oxygen atoms in total. The molecule has 0 saturated heterocycles. The number of benzene rings is 2. The minimum absolute atomic E-state index is 0. The molecule has 0 bridgehead atoms. The van der Waals surface area contributed by atoms with Gasteiger partial charge >= 0.3 is 5.84 Å². The molecule has 0 aliphatic heterocycles. The smallest absolute Gasteiger partial charge is 0.306 e. The number of aromatic nitrogens is 4. The Hall–Kier alpha value is -4.20. The fourth-order valence-electron chi connectivity index (χ4n) is 3.42. The third kappa shape index (κ3) is 3.83. The van der Waals surface area contributed by atoms with Crippen LogP contribution in [0.3, 0.4) is 0 Å². The molecule has 5 rings (SSSR count). The first-order valence-corrected chi connectivity index (χ1v) is 9.80. The van der Waals surface area contributed by atoms with Gasteiger partial charge in [0.25, 0.3) is 0 Å². The van der Waals surface area contributed by atoms with E-state index in [4.69, 9.17) is 10.2 Å². The summed E-state index contributed by atoms with van der Waals surface area (Å²) < 4.78 is 20.7. The van der Waals surface area contributed by atoms with Crippen LogP contribution in [0.1, 0.15) is 6.99 Å². The molecule has 3 aromatic heterocycles. The van der Waals surface area contributed by atoms with Crippen molar-refractivity contribution in [2.24, 2.45) is 0 Å². The first-order valence-electron chi connectivity index (χ1n) is 9.80. The van der Waals surface area contributed by atoms with Crippen LogP contribution in [-0.4, -0.2) is 25.9 Å². The van der Waals surface area contributed by atoms with Gasteiger partial charge in [-0.25, -0.2) is 14.4 Å². The predicted molar refractivity (Wildman–Crippen MR) is 119 cm³/mol. The summed E-state index contributed by atoms with van der Waals surface area (Å²) >= 11 is 0. The van der Waals surface area contributed by atoms with E-state index in [9.17, 15) is 4.39 Å². The number of halogens is 1. The van der Waals surface area contributed by atoms with Crippen molar-refractivity contribution < 1.29 is 10.2 Å². The van der Waals surface area contributed by atoms with Crippen molar-refractivity contribution in [1.29, 1.82) is 0 Å². The summed E-state index contributed by atoms with van der Waals surface area (Å²) in [5, 5.41) is 3.26. The molecule has 5 aromatic rings. The number of nitrogen functional groups attached to an aromatic ring is 1. The molecule has 8 heteroatoms. The summed E-state index contributed by atoms with van der Waals surface area (Å²) in [5.41, 5.74) is 10.5. The molecule has 0 unspecified atom stereocenters. The largest absolute Gasteiger partial charge is 0.432 e. The zero-order valence-electron chi connectivity index (χ0n) is 16.5. The average molecular weight is 416 g/mol. The standard InChI is InChI=1S/C23H19FN6O.H2/c24-17-5-3-16(4-6-17)20-21(30-13-14-31-23(30)29-20)19-10-12-27-22(28-19)26-11-9-15-1-7-18(25)8-2-15;/h1-8,10,12-14H,9,11,25H2,(H,26,27,28);1H. The van der Waals surface area contributed by atoms with Gasteiger partial charge in [-0.1, -0.05) is 12.1 Å². The monoisotopic (exact) mass is 416 g/mol. The van der Waals surface area contributed by atoms with Crippen LogP contribution in [0.5, 0.6) is 0 Å². The van der Waals surface area contributed by atoms with Crippen LogP contribution in [0, 0.1) is 5.82 Å². The lowest BCUT2D eigenvalue weighted by atomic mass is 10.1. The highest BCUT2D eigenvalue weighted by molar-refractivity contribution is 5.79. The highest BCUT2D eigenvalue weighted by atomic mass is 19.1. The number of imidazole rings is 1. The molecule has 156 valence electrons. The van der Waals surface area contributed by atoms with Crippen LogP contribution in [0.25, 0.3) is 28.5 Å². The van der Waals surface area contributed by atoms with Gasteiger partial charge in [0.2, 0.25) is 5.95 Å². The van der Waals surface area contributed by atoms with Crippen molar-refractivity contribution in [1.82, 2.24) is 19.4 Å². The third-order valence-corrected chi connectivity index (χ3v) is 4.95. The van der Waals surface area contributed by atoms with Crippen molar-refractivity contribution in [2.45, 2.75) is 6.42 Å². The lowest BCUT2D eigenvalue weighted by Crippen LogP contribution is -2.08. The van der Waals surface area contributed by atoms with E-state index in [1.165, 1.54) is 17.7 Å². The first kappa shape index (κ1) is 18.8. The van der Waals surface area contributed by atoms with Gasteiger partial charge in [-0.05, 0) is 54.4 Å². The number of nitrogens with zero attached hydrogens (tertiary/aromatic N) is 4. The van der Waals surface area contributed by atoms with Crippen molar-refractivity contribution >= 4 is 17.5 Å². The molecule has 0 amide bonds. The van der Waals surface area contributed by atoms with Crippen molar-refractivity contribution in [2.75, 3.05) is 17.6 Å². The molecule has 0 atom stereocenters. The molecule has 31 heavy (non-hydrogen) atoms. The Morgan fingerprint density at radius 3 is 2.65 bits per heavy atom. The van der Waals surface area contributed by atoms with E-state index >= 15 is 0 Å². The third-order valence-electron chi connectivity index (χ3n) is 4.95. The topological polar surface area (TPSA) is 94.3 Å². The molecule has 0 aliphatic rings. The van der Waals surface area contributed by atoms with Gasteiger partial charge < -0.3 is 15.5 Å². The number of fused-ring (bicyclic) bond motifs is 1. The van der Waals surface area contributed by atoms with Crippen molar-refractivity contribution in [3.05, 3.63) is 84.6 Å². The maximum absolute atomic E-state index is 13.4. The van der Waals surface area contributed by atoms with Gasteiger partial charge in [0.1, 0.15) is 23.5 Å². The summed E-state index contributed by atoms with van der Waals surface area (Å²) in [6.45, 7) is 0.672. The normalized spacial score (nSPS) is 11.1. The Morgan fingerprint density at radius 1 is 1.03 bits per heavy atom. The number of oxazole rings is 1. The molecule has 0 spiro atoms. The maximum atomic E-state index is 13.4. The van der Waals surface area contributed by atoms with Crippen LogP contribution in [0.4, 0.5) is 16.0 Å². The zero-order chi connectivity index (χ0) is 21.2. The lowest BCUT2D eigenvalue weighted by molar-refractivity contribution is 0.596. The first-order chi connectivity index (χ1) is 15.2. The SMILES string of the molecule is Nc1ccc(CCNc2nccc(-c3c(-c4ccc(F)cc4)nc4occn34)n2)cc1.[HH]. The van der Waals surface area contributed by atoms with Crippen LogP contribution in [-0.2, 0) is 6.42 Å². The van der Waals surface area contributed by atoms with E-state index in [1.807, 2.05) is 34.7 Å². The number of anilines is 2. The van der Waals surface area contributed by atoms with Gasteiger partial charge in [0, 0.05) is 31.6 Å². The number of hydrogen-bond donors (Lipinski definition) is 2. The van der Waals surface area contributed by atoms with E-state index in [0.29, 0.717) is 29.7 Å². The van der Waals surface area contributed by atoms with Gasteiger partial charge in [0.15, 0.2) is 0 Å². The van der Waals surface area contributed by atoms with Crippen LogP contribution in [0.15, 0.2) is 77.7 Å². The molecule has 3 heterocycles. The molecule has 0 aliphatic carbocycles. The summed E-state index contributed by atoms with van der Waals surface area (Å²) in [7, 11) is 0. The Balaban J connectivity index is 0.00000245. The quantitative estimate of drug-likeness (QED) is 0.391. The highest BCUT2D eigenvalue weighted by Gasteiger charge is 2.19. The second kappa shape index (κ2) is 7.91. The highest BCUT2D eigenvalue weighted by Crippen LogP contribution is 2.32. The minimum atomic E-state index is -0.303. The van der Waals surface area contributed by atoms with Crippen LogP contribution in [0.2, 0.25) is 0 Å². The van der Waals surface area contributed by atoms with E-state index in [1.54, 1.807) is 30.8 Å². The summed E-state index contributed by atoms with van der Waals surface area (Å²) in [6.07, 6.45) is 5.85. The predicted octanol–water partition coefficient (Wildman–Crippen LogP) is 4.67. The van der Waals surface area contributed by atoms with Crippen LogP contribution >= 0.6 is 0 Å². The van der Waals surface area contributed by atoms with Crippen molar-refractivity contribution in [3.8, 4) is 22.6 Å². The summed E-state index contributed by atoms with van der Waals surface area (Å²) in [4.78, 5) is 13.6. The molecule has 2 aromatic carbocycles. The second-order valence-corrected chi connectivity index (χ2v) is 7.06. The average Bonchev–Trinajstić information content (AvgIpc) is 3.37. The molecule has 0 saturated carbocycles. The van der Waals surface area contributed by atoms with E-state index in [0.717, 1.165) is 23.4 Å². The van der Waals surface area contributed by atoms with E-state index in [2.05, 4.69) is 20.3 Å². The Labute approximate surface area is 178 Å². The van der Waals surface area contributed by atoms with Gasteiger partial charge in [-0.15, -0.1) is 0 Å². The summed E-state index contributed by atoms with van der Waals surface area (Å²) in [6, 6.07) is 15.8. The second-order valence-electron chi connectivity index (χ2n) is 7.06. The minimum Gasteiger partial charge on any atom is -0.432 e. The molecular weight excluding hydrogens is 395 g/mol. The Morgan fingerprint density at radius 2 is 1.84 bits per heavy atom. The fraction of sp³-hybridized carbons (Fsp3) is 0.0870. The van der Waals surface area contributed by atoms with E-state index in [-0.39, 0.29) is 7.24 Å². The van der Waals surface area contributed by atoms with E-state index < -0.39 is 0 Å². The Bertz CT molecular complexity index is 1330. The van der Waals surface area contributed by atoms with Crippen LogP contribution < -0.4 is 11.1 Å². The Kier molecular flexibility index (Phi) is 4.80. The number of nitrogens with two attached hydrogens (primary N) is 1. The fourth-order valence-corrected chi connectivity index (χ4v) is 3.42. The molecule has 0 radical (unpaired) electrons. The molecule has 3 N–H and O–H groups in total. The summed E-state index contributed by atoms with van der Waals surface area (Å²) in [5.74, 6) is 0.644. The zero-order valence-corrected chi connectivity index (χ0v) is 16.5. The van der Waals surface area contributed by atoms with Gasteiger partial charge in [0.05, 0.1) is 5.69 Å². The van der Waals surface area contributed by atoms with Gasteiger partial charge in [-0.2, -0.15) is 4.98 Å². The van der Waals surface area contributed by atoms with Crippen molar-refractivity contribution in [3.63, 3.8) is 0 Å². The number of nitrogens with one attached hydrogen (secondary N) is 1. The van der Waals surface area contributed by atoms with Gasteiger partial charge in [-0.3, -0.25) is 4.40 Å². The molecule has 0 fully saturated rings. The number of hydrogen-bond acceptors (Lipinski definition) is 6.